The van der Waals surface area contributed by atoms with Crippen LogP contribution in [0.2, 0.25) is 0 Å². The van der Waals surface area contributed by atoms with Gasteiger partial charge in [-0.3, -0.25) is 9.59 Å². The van der Waals surface area contributed by atoms with Gasteiger partial charge in [0.2, 0.25) is 5.91 Å². The lowest BCUT2D eigenvalue weighted by molar-refractivity contribution is -0.132. The second kappa shape index (κ2) is 6.80. The number of nitriles is 1. The molecular weight excluding hydrogens is 292 g/mol. The van der Waals surface area contributed by atoms with Crippen molar-refractivity contribution in [3.8, 4) is 6.07 Å². The van der Waals surface area contributed by atoms with E-state index in [1.807, 2.05) is 11.0 Å². The summed E-state index contributed by atoms with van der Waals surface area (Å²) in [5.74, 6) is -0.300. The third kappa shape index (κ3) is 3.51. The SMILES string of the molecule is N#Cc1ccc(C(=O)NCC(=O)N2CCN3CCC2CC3)cc1. The maximum Gasteiger partial charge on any atom is 0.251 e. The van der Waals surface area contributed by atoms with E-state index in [1.165, 1.54) is 0 Å². The summed E-state index contributed by atoms with van der Waals surface area (Å²) >= 11 is 0. The smallest absolute Gasteiger partial charge is 0.251 e. The Morgan fingerprint density at radius 3 is 2.48 bits per heavy atom. The maximum atomic E-state index is 12.4. The van der Waals surface area contributed by atoms with Crippen LogP contribution < -0.4 is 5.32 Å². The van der Waals surface area contributed by atoms with E-state index < -0.39 is 0 Å². The van der Waals surface area contributed by atoms with Crippen molar-refractivity contribution in [2.75, 3.05) is 32.7 Å². The van der Waals surface area contributed by atoms with Crippen LogP contribution in [0.3, 0.4) is 0 Å². The van der Waals surface area contributed by atoms with Gasteiger partial charge in [0.25, 0.3) is 5.91 Å². The van der Waals surface area contributed by atoms with E-state index in [2.05, 4.69) is 10.2 Å². The first-order chi connectivity index (χ1) is 11.2. The lowest BCUT2D eigenvalue weighted by atomic mass is 10.1. The number of piperidine rings is 1. The third-order valence-electron chi connectivity index (χ3n) is 4.65. The summed E-state index contributed by atoms with van der Waals surface area (Å²) in [7, 11) is 0. The Morgan fingerprint density at radius 2 is 1.83 bits per heavy atom. The van der Waals surface area contributed by atoms with Gasteiger partial charge in [-0.05, 0) is 37.1 Å². The van der Waals surface area contributed by atoms with Crippen molar-refractivity contribution in [3.63, 3.8) is 0 Å². The van der Waals surface area contributed by atoms with Crippen LogP contribution in [0.1, 0.15) is 28.8 Å². The molecule has 2 bridgehead atoms. The van der Waals surface area contributed by atoms with Crippen LogP contribution in [0.15, 0.2) is 24.3 Å². The Balaban J connectivity index is 1.55. The second-order valence-corrected chi connectivity index (χ2v) is 6.03. The highest BCUT2D eigenvalue weighted by Crippen LogP contribution is 2.20. The lowest BCUT2D eigenvalue weighted by Crippen LogP contribution is -2.46. The molecule has 120 valence electrons. The molecule has 3 aliphatic rings. The minimum absolute atomic E-state index is 0.0132. The van der Waals surface area contributed by atoms with Crippen molar-refractivity contribution in [1.82, 2.24) is 15.1 Å². The van der Waals surface area contributed by atoms with Crippen LogP contribution >= 0.6 is 0 Å². The average molecular weight is 312 g/mol. The predicted octanol–water partition coefficient (Wildman–Crippen LogP) is 0.595. The zero-order valence-electron chi connectivity index (χ0n) is 13.0. The van der Waals surface area contributed by atoms with E-state index in [1.54, 1.807) is 24.3 Å². The number of carbonyl (C=O) groups is 2. The second-order valence-electron chi connectivity index (χ2n) is 6.03. The Labute approximate surface area is 135 Å². The van der Waals surface area contributed by atoms with E-state index in [0.29, 0.717) is 17.2 Å². The molecule has 3 fully saturated rings. The topological polar surface area (TPSA) is 76.4 Å². The molecule has 0 atom stereocenters. The fourth-order valence-corrected chi connectivity index (χ4v) is 3.27. The molecule has 1 N–H and O–H groups in total. The van der Waals surface area contributed by atoms with Crippen LogP contribution in [0, 0.1) is 11.3 Å². The third-order valence-corrected chi connectivity index (χ3v) is 4.65. The molecule has 0 spiro atoms. The minimum Gasteiger partial charge on any atom is -0.343 e. The Hall–Kier alpha value is -2.39. The number of nitrogens with zero attached hydrogens (tertiary/aromatic N) is 3. The summed E-state index contributed by atoms with van der Waals surface area (Å²) in [5, 5.41) is 11.4. The standard InChI is InChI=1S/C17H20N4O2/c18-11-13-1-3-14(4-2-13)17(23)19-12-16(22)21-10-9-20-7-5-15(21)6-8-20/h1-4,15H,5-10,12H2,(H,19,23). The summed E-state index contributed by atoms with van der Waals surface area (Å²) in [6, 6.07) is 8.71. The molecule has 3 aliphatic heterocycles. The van der Waals surface area contributed by atoms with Gasteiger partial charge in [-0.1, -0.05) is 0 Å². The monoisotopic (exact) mass is 312 g/mol. The predicted molar refractivity (Wildman–Crippen MR) is 84.7 cm³/mol. The van der Waals surface area contributed by atoms with Gasteiger partial charge in [0, 0.05) is 37.8 Å². The maximum absolute atomic E-state index is 12.4. The first-order valence-electron chi connectivity index (χ1n) is 7.97. The molecule has 4 rings (SSSR count). The lowest BCUT2D eigenvalue weighted by Gasteiger charge is -2.31. The number of nitrogens with one attached hydrogen (secondary N) is 1. The van der Waals surface area contributed by atoms with E-state index in [0.717, 1.165) is 39.0 Å². The molecule has 2 amide bonds. The summed E-state index contributed by atoms with van der Waals surface area (Å²) in [4.78, 5) is 28.8. The Bertz CT molecular complexity index is 627. The van der Waals surface area contributed by atoms with E-state index >= 15 is 0 Å². The fourth-order valence-electron chi connectivity index (χ4n) is 3.27. The van der Waals surface area contributed by atoms with Gasteiger partial charge in [-0.15, -0.1) is 0 Å². The summed E-state index contributed by atoms with van der Waals surface area (Å²) in [6.07, 6.45) is 2.05. The first kappa shape index (κ1) is 15.5. The number of hydrogen-bond acceptors (Lipinski definition) is 4. The number of rotatable bonds is 3. The van der Waals surface area contributed by atoms with Crippen LogP contribution in [0.4, 0.5) is 0 Å². The van der Waals surface area contributed by atoms with Crippen LogP contribution in [0.25, 0.3) is 0 Å². The van der Waals surface area contributed by atoms with E-state index in [-0.39, 0.29) is 18.4 Å². The molecule has 6 nitrogen and oxygen atoms in total. The molecule has 1 aromatic rings. The number of amides is 2. The molecule has 0 unspecified atom stereocenters. The fraction of sp³-hybridized carbons (Fsp3) is 0.471. The van der Waals surface area contributed by atoms with E-state index in [9.17, 15) is 9.59 Å². The van der Waals surface area contributed by atoms with Crippen molar-refractivity contribution in [2.24, 2.45) is 0 Å². The van der Waals surface area contributed by atoms with Gasteiger partial charge in [-0.2, -0.15) is 5.26 Å². The highest BCUT2D eigenvalue weighted by atomic mass is 16.2. The number of fused-ring (bicyclic) bond motifs is 4. The summed E-state index contributed by atoms with van der Waals surface area (Å²) in [6.45, 7) is 3.81. The molecule has 0 aliphatic carbocycles. The van der Waals surface area contributed by atoms with Crippen LogP contribution in [0.5, 0.6) is 0 Å². The molecule has 6 heteroatoms. The summed E-state index contributed by atoms with van der Waals surface area (Å²) in [5.41, 5.74) is 0.965. The van der Waals surface area contributed by atoms with Crippen molar-refractivity contribution < 1.29 is 9.59 Å². The number of carbonyl (C=O) groups excluding carboxylic acids is 2. The molecule has 1 aromatic carbocycles. The molecule has 3 heterocycles. The highest BCUT2D eigenvalue weighted by Gasteiger charge is 2.31. The van der Waals surface area contributed by atoms with Gasteiger partial charge in [0.15, 0.2) is 0 Å². The Kier molecular flexibility index (Phi) is 4.58. The molecule has 3 saturated heterocycles. The zero-order chi connectivity index (χ0) is 16.2. The van der Waals surface area contributed by atoms with Gasteiger partial charge in [-0.25, -0.2) is 0 Å². The van der Waals surface area contributed by atoms with Crippen molar-refractivity contribution in [2.45, 2.75) is 18.9 Å². The van der Waals surface area contributed by atoms with Crippen LogP contribution in [-0.2, 0) is 4.79 Å². The molecule has 0 aromatic heterocycles. The normalized spacial score (nSPS) is 23.0. The average Bonchev–Trinajstić information content (AvgIpc) is 2.93. The number of hydrogen-bond donors (Lipinski definition) is 1. The van der Waals surface area contributed by atoms with Crippen molar-refractivity contribution in [1.29, 1.82) is 5.26 Å². The van der Waals surface area contributed by atoms with Gasteiger partial charge < -0.3 is 15.1 Å². The molecule has 0 saturated carbocycles. The molecule has 0 radical (unpaired) electrons. The van der Waals surface area contributed by atoms with Gasteiger partial charge >= 0.3 is 0 Å². The quantitative estimate of drug-likeness (QED) is 0.886. The molecular formula is C17H20N4O2. The van der Waals surface area contributed by atoms with Crippen molar-refractivity contribution >= 4 is 11.8 Å². The largest absolute Gasteiger partial charge is 0.343 e. The zero-order valence-corrected chi connectivity index (χ0v) is 13.0. The summed E-state index contributed by atoms with van der Waals surface area (Å²) < 4.78 is 0. The van der Waals surface area contributed by atoms with Gasteiger partial charge in [0.05, 0.1) is 18.2 Å². The van der Waals surface area contributed by atoms with Crippen LogP contribution in [-0.4, -0.2) is 60.4 Å². The first-order valence-corrected chi connectivity index (χ1v) is 7.97. The van der Waals surface area contributed by atoms with Crippen molar-refractivity contribution in [3.05, 3.63) is 35.4 Å². The molecule has 23 heavy (non-hydrogen) atoms. The Morgan fingerprint density at radius 1 is 1.13 bits per heavy atom. The van der Waals surface area contributed by atoms with E-state index in [4.69, 9.17) is 5.26 Å². The minimum atomic E-state index is -0.286. The highest BCUT2D eigenvalue weighted by molar-refractivity contribution is 5.96. The number of benzene rings is 1. The van der Waals surface area contributed by atoms with Gasteiger partial charge in [0.1, 0.15) is 0 Å².